The molecule has 2 rings (SSSR count). The van der Waals surface area contributed by atoms with E-state index in [0.29, 0.717) is 0 Å². The second kappa shape index (κ2) is 5.76. The van der Waals surface area contributed by atoms with E-state index in [1.807, 2.05) is 0 Å². The molecule has 0 saturated heterocycles. The van der Waals surface area contributed by atoms with Gasteiger partial charge in [0.25, 0.3) is 5.91 Å². The fourth-order valence-corrected chi connectivity index (χ4v) is 1.58. The summed E-state index contributed by atoms with van der Waals surface area (Å²) in [6.45, 7) is 0. The number of carbonyl (C=O) groups excluding carboxylic acids is 1. The molecule has 114 valence electrons. The zero-order valence-electron chi connectivity index (χ0n) is 10.7. The third-order valence-corrected chi connectivity index (χ3v) is 2.55. The smallest absolute Gasteiger partial charge is 0.290 e. The molecule has 0 fully saturated rings. The molecule has 22 heavy (non-hydrogen) atoms. The average Bonchev–Trinajstić information content (AvgIpc) is 2.47. The Morgan fingerprint density at radius 2 is 1.77 bits per heavy atom. The molecule has 0 spiro atoms. The van der Waals surface area contributed by atoms with Crippen molar-refractivity contribution in [2.45, 2.75) is 6.18 Å². The number of anilines is 1. The quantitative estimate of drug-likeness (QED) is 0.694. The molecule has 0 atom stereocenters. The fourth-order valence-electron chi connectivity index (χ4n) is 1.58. The predicted octanol–water partition coefficient (Wildman–Crippen LogP) is 2.66. The van der Waals surface area contributed by atoms with Gasteiger partial charge in [0.2, 0.25) is 5.95 Å². The summed E-state index contributed by atoms with van der Waals surface area (Å²) in [5.74, 6) is -1.41. The van der Waals surface area contributed by atoms with Crippen molar-refractivity contribution in [1.82, 2.24) is 9.97 Å². The molecule has 1 aromatic heterocycles. The summed E-state index contributed by atoms with van der Waals surface area (Å²) in [6, 6.07) is 4.21. The minimum atomic E-state index is -4.69. The Morgan fingerprint density at radius 1 is 1.18 bits per heavy atom. The monoisotopic (exact) mass is 312 g/mol. The molecular formula is C12H7F3N4O3. The lowest BCUT2D eigenvalue weighted by Gasteiger charge is -2.11. The van der Waals surface area contributed by atoms with Gasteiger partial charge in [-0.3, -0.25) is 20.2 Å². The largest absolute Gasteiger partial charge is 0.417 e. The Bertz CT molecular complexity index is 716. The third kappa shape index (κ3) is 3.34. The summed E-state index contributed by atoms with van der Waals surface area (Å²) >= 11 is 0. The van der Waals surface area contributed by atoms with Gasteiger partial charge in [0.1, 0.15) is 12.4 Å². The number of amides is 1. The minimum absolute atomic E-state index is 0.340. The van der Waals surface area contributed by atoms with Crippen molar-refractivity contribution in [2.24, 2.45) is 0 Å². The first kappa shape index (κ1) is 15.4. The molecule has 1 aromatic carbocycles. The molecule has 1 amide bonds. The summed E-state index contributed by atoms with van der Waals surface area (Å²) in [7, 11) is 0. The lowest BCUT2D eigenvalue weighted by atomic mass is 10.1. The topological polar surface area (TPSA) is 98.0 Å². The van der Waals surface area contributed by atoms with Gasteiger partial charge in [-0.15, -0.1) is 0 Å². The summed E-state index contributed by atoms with van der Waals surface area (Å²) in [5.41, 5.74) is -2.11. The van der Waals surface area contributed by atoms with E-state index in [0.717, 1.165) is 30.6 Å². The van der Waals surface area contributed by atoms with E-state index in [-0.39, 0.29) is 5.95 Å². The highest BCUT2D eigenvalue weighted by atomic mass is 19.4. The van der Waals surface area contributed by atoms with E-state index in [1.54, 1.807) is 0 Å². The molecule has 0 saturated carbocycles. The van der Waals surface area contributed by atoms with Crippen LogP contribution in [0, 0.1) is 10.1 Å². The number of nitrogens with zero attached hydrogens (tertiary/aromatic N) is 3. The molecule has 0 aliphatic heterocycles. The second-order valence-electron chi connectivity index (χ2n) is 4.02. The Balaban J connectivity index is 2.25. The van der Waals surface area contributed by atoms with Crippen LogP contribution in [0.15, 0.2) is 36.7 Å². The standard InChI is InChI=1S/C12H7F3N4O3/c13-12(14,15)9-4-2-1-3-8(9)10(20)18-11-16-5-7(6-17-11)19(21)22/h1-6H,(H,16,17,18,20). The number of halogens is 3. The molecule has 1 N–H and O–H groups in total. The molecule has 1 heterocycles. The first-order chi connectivity index (χ1) is 10.3. The molecule has 7 nitrogen and oxygen atoms in total. The SMILES string of the molecule is O=C(Nc1ncc([N+](=O)[O-])cn1)c1ccccc1C(F)(F)F. The van der Waals surface area contributed by atoms with E-state index in [9.17, 15) is 28.1 Å². The van der Waals surface area contributed by atoms with Gasteiger partial charge in [-0.2, -0.15) is 13.2 Å². The van der Waals surface area contributed by atoms with Crippen LogP contribution in [0.4, 0.5) is 24.8 Å². The highest BCUT2D eigenvalue weighted by Crippen LogP contribution is 2.32. The van der Waals surface area contributed by atoms with Crippen LogP contribution < -0.4 is 5.32 Å². The average molecular weight is 312 g/mol. The van der Waals surface area contributed by atoms with Crippen LogP contribution in [0.3, 0.4) is 0 Å². The van der Waals surface area contributed by atoms with Crippen LogP contribution in [-0.4, -0.2) is 20.8 Å². The maximum Gasteiger partial charge on any atom is 0.417 e. The van der Waals surface area contributed by atoms with Crippen molar-refractivity contribution >= 4 is 17.5 Å². The number of hydrogen-bond acceptors (Lipinski definition) is 5. The number of aromatic nitrogens is 2. The van der Waals surface area contributed by atoms with E-state index in [1.165, 1.54) is 6.07 Å². The second-order valence-corrected chi connectivity index (χ2v) is 4.02. The van der Waals surface area contributed by atoms with E-state index in [2.05, 4.69) is 15.3 Å². The lowest BCUT2D eigenvalue weighted by Crippen LogP contribution is -2.19. The van der Waals surface area contributed by atoms with Crippen LogP contribution in [0.1, 0.15) is 15.9 Å². The van der Waals surface area contributed by atoms with Gasteiger partial charge in [0.15, 0.2) is 0 Å². The zero-order valence-corrected chi connectivity index (χ0v) is 10.7. The number of nitro groups is 1. The number of nitrogens with one attached hydrogen (secondary N) is 1. The van der Waals surface area contributed by atoms with Crippen molar-refractivity contribution in [3.05, 3.63) is 57.9 Å². The molecule has 0 aliphatic rings. The fraction of sp³-hybridized carbons (Fsp3) is 0.0833. The molecule has 0 unspecified atom stereocenters. The van der Waals surface area contributed by atoms with Gasteiger partial charge in [-0.25, -0.2) is 9.97 Å². The van der Waals surface area contributed by atoms with Gasteiger partial charge in [-0.05, 0) is 12.1 Å². The number of rotatable bonds is 3. The minimum Gasteiger partial charge on any atom is -0.290 e. The zero-order chi connectivity index (χ0) is 16.3. The lowest BCUT2D eigenvalue weighted by molar-refractivity contribution is -0.385. The van der Waals surface area contributed by atoms with Crippen LogP contribution in [-0.2, 0) is 6.18 Å². The summed E-state index contributed by atoms with van der Waals surface area (Å²) in [6.07, 6.45) is -3.03. The summed E-state index contributed by atoms with van der Waals surface area (Å²) in [5, 5.41) is 12.5. The van der Waals surface area contributed by atoms with Crippen molar-refractivity contribution < 1.29 is 22.9 Å². The summed E-state index contributed by atoms with van der Waals surface area (Å²) in [4.78, 5) is 28.5. The van der Waals surface area contributed by atoms with Gasteiger partial charge < -0.3 is 0 Å². The van der Waals surface area contributed by atoms with Crippen LogP contribution in [0.5, 0.6) is 0 Å². The maximum atomic E-state index is 12.8. The van der Waals surface area contributed by atoms with E-state index in [4.69, 9.17) is 0 Å². The highest BCUT2D eigenvalue weighted by Gasteiger charge is 2.34. The Hall–Kier alpha value is -3.04. The van der Waals surface area contributed by atoms with Gasteiger partial charge in [0.05, 0.1) is 16.1 Å². The molecule has 2 aromatic rings. The number of carbonyl (C=O) groups is 1. The summed E-state index contributed by atoms with van der Waals surface area (Å²) < 4.78 is 38.4. The van der Waals surface area contributed by atoms with Crippen LogP contribution in [0.2, 0.25) is 0 Å². The van der Waals surface area contributed by atoms with Gasteiger partial charge in [0, 0.05) is 0 Å². The number of hydrogen-bond donors (Lipinski definition) is 1. The van der Waals surface area contributed by atoms with E-state index < -0.39 is 33.8 Å². The molecule has 0 radical (unpaired) electrons. The van der Waals surface area contributed by atoms with Crippen LogP contribution in [0.25, 0.3) is 0 Å². The third-order valence-electron chi connectivity index (χ3n) is 2.55. The molecular weight excluding hydrogens is 305 g/mol. The Morgan fingerprint density at radius 3 is 2.32 bits per heavy atom. The van der Waals surface area contributed by atoms with Gasteiger partial charge in [-0.1, -0.05) is 12.1 Å². The van der Waals surface area contributed by atoms with Crippen molar-refractivity contribution in [3.8, 4) is 0 Å². The molecule has 0 bridgehead atoms. The van der Waals surface area contributed by atoms with E-state index >= 15 is 0 Å². The normalized spacial score (nSPS) is 11.0. The van der Waals surface area contributed by atoms with Gasteiger partial charge >= 0.3 is 11.9 Å². The number of benzene rings is 1. The first-order valence-corrected chi connectivity index (χ1v) is 5.73. The first-order valence-electron chi connectivity index (χ1n) is 5.73. The number of alkyl halides is 3. The molecule has 10 heteroatoms. The van der Waals surface area contributed by atoms with Crippen molar-refractivity contribution in [1.29, 1.82) is 0 Å². The van der Waals surface area contributed by atoms with Crippen LogP contribution >= 0.6 is 0 Å². The molecule has 0 aliphatic carbocycles. The maximum absolute atomic E-state index is 12.8. The predicted molar refractivity (Wildman–Crippen MR) is 68.1 cm³/mol. The van der Waals surface area contributed by atoms with Crippen molar-refractivity contribution in [3.63, 3.8) is 0 Å². The van der Waals surface area contributed by atoms with Crippen molar-refractivity contribution in [2.75, 3.05) is 5.32 Å². The highest BCUT2D eigenvalue weighted by molar-refractivity contribution is 6.04. The Labute approximate surface area is 121 Å². The Kier molecular flexibility index (Phi) is 4.02.